The molecular formula is C26H35NO3. The van der Waals surface area contributed by atoms with Crippen LogP contribution in [-0.4, -0.2) is 42.3 Å². The summed E-state index contributed by atoms with van der Waals surface area (Å²) in [4.78, 5) is 13.3. The third kappa shape index (κ3) is 6.16. The van der Waals surface area contributed by atoms with Gasteiger partial charge in [-0.05, 0) is 61.4 Å². The van der Waals surface area contributed by atoms with Crippen LogP contribution in [0.2, 0.25) is 0 Å². The summed E-state index contributed by atoms with van der Waals surface area (Å²) in [6, 6.07) is 18.0. The summed E-state index contributed by atoms with van der Waals surface area (Å²) in [6.07, 6.45) is 6.32. The summed E-state index contributed by atoms with van der Waals surface area (Å²) in [5, 5.41) is 8.84. The Kier molecular flexibility index (Phi) is 8.91. The monoisotopic (exact) mass is 409 g/mol. The highest BCUT2D eigenvalue weighted by Crippen LogP contribution is 2.36. The number of fused-ring (bicyclic) bond motifs is 2. The first-order valence-corrected chi connectivity index (χ1v) is 11.4. The lowest BCUT2D eigenvalue weighted by Crippen LogP contribution is -2.34. The molecule has 2 aromatic carbocycles. The normalized spacial score (nSPS) is 13.7. The van der Waals surface area contributed by atoms with Crippen molar-refractivity contribution in [1.29, 1.82) is 0 Å². The number of aryl methyl sites for hydroxylation is 2. The molecule has 0 aliphatic heterocycles. The number of hydrogen-bond acceptors (Lipinski definition) is 3. The molecule has 1 aliphatic carbocycles. The van der Waals surface area contributed by atoms with Crippen molar-refractivity contribution in [1.82, 2.24) is 4.90 Å². The zero-order valence-corrected chi connectivity index (χ0v) is 18.2. The summed E-state index contributed by atoms with van der Waals surface area (Å²) in [6.45, 7) is 5.41. The van der Waals surface area contributed by atoms with Crippen LogP contribution in [-0.2, 0) is 22.4 Å². The molecule has 0 atom stereocenters. The summed E-state index contributed by atoms with van der Waals surface area (Å²) in [5.74, 6) is -0.694. The predicted molar refractivity (Wildman–Crippen MR) is 121 cm³/mol. The van der Waals surface area contributed by atoms with E-state index in [9.17, 15) is 4.79 Å². The molecule has 30 heavy (non-hydrogen) atoms. The number of hydrogen-bond donors (Lipinski definition) is 1. The lowest BCUT2D eigenvalue weighted by molar-refractivity contribution is -0.137. The lowest BCUT2D eigenvalue weighted by Gasteiger charge is -2.33. The summed E-state index contributed by atoms with van der Waals surface area (Å²) in [5.41, 5.74) is 5.73. The van der Waals surface area contributed by atoms with Gasteiger partial charge in [-0.2, -0.15) is 0 Å². The zero-order chi connectivity index (χ0) is 21.2. The third-order valence-corrected chi connectivity index (χ3v) is 6.04. The molecule has 0 saturated carbocycles. The van der Waals surface area contributed by atoms with Gasteiger partial charge in [0.1, 0.15) is 0 Å². The Morgan fingerprint density at radius 1 is 0.933 bits per heavy atom. The number of nitrogens with zero attached hydrogens (tertiary/aromatic N) is 1. The Labute approximate surface area is 180 Å². The largest absolute Gasteiger partial charge is 0.481 e. The van der Waals surface area contributed by atoms with Crippen LogP contribution in [0.4, 0.5) is 0 Å². The minimum Gasteiger partial charge on any atom is -0.481 e. The van der Waals surface area contributed by atoms with Crippen molar-refractivity contribution in [3.05, 3.63) is 70.8 Å². The molecular weight excluding hydrogens is 374 g/mol. The lowest BCUT2D eigenvalue weighted by atomic mass is 9.93. The number of carboxylic acid groups (broad SMARTS) is 1. The minimum atomic E-state index is -0.694. The Balaban J connectivity index is 1.79. The Morgan fingerprint density at radius 3 is 2.13 bits per heavy atom. The molecule has 0 radical (unpaired) electrons. The summed E-state index contributed by atoms with van der Waals surface area (Å²) >= 11 is 0. The molecule has 0 spiro atoms. The predicted octanol–water partition coefficient (Wildman–Crippen LogP) is 5.25. The van der Waals surface area contributed by atoms with Gasteiger partial charge in [0.15, 0.2) is 0 Å². The van der Waals surface area contributed by atoms with Crippen LogP contribution >= 0.6 is 0 Å². The molecule has 0 amide bonds. The van der Waals surface area contributed by atoms with E-state index >= 15 is 0 Å². The first-order chi connectivity index (χ1) is 14.7. The van der Waals surface area contributed by atoms with Gasteiger partial charge in [-0.15, -0.1) is 0 Å². The van der Waals surface area contributed by atoms with E-state index in [4.69, 9.17) is 9.84 Å². The van der Waals surface area contributed by atoms with Gasteiger partial charge in [-0.1, -0.05) is 61.4 Å². The van der Waals surface area contributed by atoms with Gasteiger partial charge in [-0.25, -0.2) is 0 Å². The van der Waals surface area contributed by atoms with Crippen LogP contribution in [0.1, 0.15) is 67.3 Å². The van der Waals surface area contributed by atoms with Gasteiger partial charge in [0.05, 0.1) is 12.6 Å². The highest BCUT2D eigenvalue weighted by molar-refractivity contribution is 5.66. The second-order valence-corrected chi connectivity index (χ2v) is 8.09. The quantitative estimate of drug-likeness (QED) is 0.487. The first-order valence-electron chi connectivity index (χ1n) is 11.4. The van der Waals surface area contributed by atoms with E-state index in [0.29, 0.717) is 0 Å². The average molecular weight is 410 g/mol. The standard InChI is InChI=1S/C26H35NO3/c1-2-30-20-19-27(18-10-4-3-5-15-25(28)29)26-23-13-8-6-11-21(23)16-17-22-12-7-9-14-24(22)26/h6-9,11-14,26H,2-5,10,15-20H2,1H3,(H,28,29). The SMILES string of the molecule is CCOCCN(CCCCCCC(=O)O)C1c2ccccc2CCc2ccccc21. The molecule has 0 bridgehead atoms. The molecule has 0 heterocycles. The van der Waals surface area contributed by atoms with Crippen LogP contribution in [0.25, 0.3) is 0 Å². The van der Waals surface area contributed by atoms with Gasteiger partial charge in [0, 0.05) is 19.6 Å². The molecule has 2 aromatic rings. The molecule has 4 heteroatoms. The smallest absolute Gasteiger partial charge is 0.303 e. The second kappa shape index (κ2) is 11.9. The van der Waals surface area contributed by atoms with Crippen molar-refractivity contribution >= 4 is 5.97 Å². The van der Waals surface area contributed by atoms with Crippen molar-refractivity contribution in [3.8, 4) is 0 Å². The van der Waals surface area contributed by atoms with Crippen LogP contribution in [0, 0.1) is 0 Å². The van der Waals surface area contributed by atoms with Gasteiger partial charge in [0.25, 0.3) is 0 Å². The van der Waals surface area contributed by atoms with E-state index in [-0.39, 0.29) is 12.5 Å². The van der Waals surface area contributed by atoms with Crippen LogP contribution in [0.5, 0.6) is 0 Å². The maximum absolute atomic E-state index is 10.7. The maximum Gasteiger partial charge on any atom is 0.303 e. The van der Waals surface area contributed by atoms with Crippen molar-refractivity contribution < 1.29 is 14.6 Å². The molecule has 0 unspecified atom stereocenters. The van der Waals surface area contributed by atoms with E-state index in [0.717, 1.165) is 64.8 Å². The van der Waals surface area contributed by atoms with Gasteiger partial charge >= 0.3 is 5.97 Å². The fourth-order valence-electron chi connectivity index (χ4n) is 4.53. The number of unbranched alkanes of at least 4 members (excludes halogenated alkanes) is 3. The fraction of sp³-hybridized carbons (Fsp3) is 0.500. The molecule has 0 fully saturated rings. The number of aliphatic carboxylic acids is 1. The molecule has 0 saturated heterocycles. The fourth-order valence-corrected chi connectivity index (χ4v) is 4.53. The van der Waals surface area contributed by atoms with Crippen molar-refractivity contribution in [2.75, 3.05) is 26.3 Å². The second-order valence-electron chi connectivity index (χ2n) is 8.09. The number of carboxylic acids is 1. The molecule has 3 rings (SSSR count). The van der Waals surface area contributed by atoms with E-state index in [1.54, 1.807) is 0 Å². The number of benzene rings is 2. The zero-order valence-electron chi connectivity index (χ0n) is 18.2. The van der Waals surface area contributed by atoms with Crippen LogP contribution in [0.15, 0.2) is 48.5 Å². The maximum atomic E-state index is 10.7. The highest BCUT2D eigenvalue weighted by Gasteiger charge is 2.28. The van der Waals surface area contributed by atoms with Crippen LogP contribution in [0.3, 0.4) is 0 Å². The molecule has 1 N–H and O–H groups in total. The Morgan fingerprint density at radius 2 is 1.53 bits per heavy atom. The van der Waals surface area contributed by atoms with Crippen molar-refractivity contribution in [2.24, 2.45) is 0 Å². The van der Waals surface area contributed by atoms with Crippen molar-refractivity contribution in [2.45, 2.75) is 57.9 Å². The minimum absolute atomic E-state index is 0.249. The van der Waals surface area contributed by atoms with E-state index in [2.05, 4.69) is 53.4 Å². The van der Waals surface area contributed by atoms with E-state index in [1.165, 1.54) is 22.3 Å². The molecule has 1 aliphatic rings. The third-order valence-electron chi connectivity index (χ3n) is 6.04. The molecule has 162 valence electrons. The molecule has 4 nitrogen and oxygen atoms in total. The Bertz CT molecular complexity index is 757. The number of ether oxygens (including phenoxy) is 1. The van der Waals surface area contributed by atoms with Gasteiger partial charge in [-0.3, -0.25) is 9.69 Å². The van der Waals surface area contributed by atoms with E-state index in [1.807, 2.05) is 6.92 Å². The number of carbonyl (C=O) groups is 1. The molecule has 0 aromatic heterocycles. The summed E-state index contributed by atoms with van der Waals surface area (Å²) in [7, 11) is 0. The topological polar surface area (TPSA) is 49.8 Å². The van der Waals surface area contributed by atoms with E-state index < -0.39 is 5.97 Å². The summed E-state index contributed by atoms with van der Waals surface area (Å²) < 4.78 is 5.73. The Hall–Kier alpha value is -2.17. The highest BCUT2D eigenvalue weighted by atomic mass is 16.5. The van der Waals surface area contributed by atoms with Gasteiger partial charge < -0.3 is 9.84 Å². The van der Waals surface area contributed by atoms with Gasteiger partial charge in [0.2, 0.25) is 0 Å². The number of rotatable bonds is 12. The van der Waals surface area contributed by atoms with Crippen molar-refractivity contribution in [3.63, 3.8) is 0 Å². The van der Waals surface area contributed by atoms with Crippen LogP contribution < -0.4 is 0 Å². The average Bonchev–Trinajstić information content (AvgIpc) is 2.92. The first kappa shape index (κ1) is 22.5.